The fourth-order valence-corrected chi connectivity index (χ4v) is 4.31. The maximum absolute atomic E-state index is 12.9. The van der Waals surface area contributed by atoms with Crippen molar-refractivity contribution in [3.05, 3.63) is 70.8 Å². The second-order valence-corrected chi connectivity index (χ2v) is 8.26. The average molecular weight is 393 g/mol. The zero-order chi connectivity index (χ0) is 20.2. The lowest BCUT2D eigenvalue weighted by molar-refractivity contribution is -0.917. The molecule has 2 aliphatic heterocycles. The second-order valence-electron chi connectivity index (χ2n) is 8.26. The number of piperazine rings is 1. The van der Waals surface area contributed by atoms with Crippen LogP contribution in [0.25, 0.3) is 0 Å². The molecule has 0 aromatic heterocycles. The van der Waals surface area contributed by atoms with Crippen molar-refractivity contribution < 1.29 is 14.5 Å². The largest absolute Gasteiger partial charge is 0.338 e. The van der Waals surface area contributed by atoms with Gasteiger partial charge in [0.1, 0.15) is 6.54 Å². The molecule has 0 radical (unpaired) electrons. The third kappa shape index (κ3) is 4.67. The van der Waals surface area contributed by atoms with E-state index in [2.05, 4.69) is 31.2 Å². The van der Waals surface area contributed by atoms with E-state index in [-0.39, 0.29) is 11.8 Å². The van der Waals surface area contributed by atoms with Gasteiger partial charge in [0, 0.05) is 30.6 Å². The highest BCUT2D eigenvalue weighted by Gasteiger charge is 2.25. The van der Waals surface area contributed by atoms with Crippen molar-refractivity contribution in [3.63, 3.8) is 0 Å². The van der Waals surface area contributed by atoms with Crippen LogP contribution in [-0.2, 0) is 17.9 Å². The van der Waals surface area contributed by atoms with Crippen LogP contribution < -0.4 is 4.90 Å². The predicted molar refractivity (Wildman–Crippen MR) is 113 cm³/mol. The third-order valence-electron chi connectivity index (χ3n) is 6.21. The predicted octanol–water partition coefficient (Wildman–Crippen LogP) is 1.66. The van der Waals surface area contributed by atoms with Crippen molar-refractivity contribution in [2.24, 2.45) is 0 Å². The molecular formula is C24H30N3O2+. The first-order valence-electron chi connectivity index (χ1n) is 10.6. The number of carbonyl (C=O) groups excluding carboxylic acids is 2. The van der Waals surface area contributed by atoms with Crippen molar-refractivity contribution in [1.29, 1.82) is 0 Å². The van der Waals surface area contributed by atoms with Crippen molar-refractivity contribution in [2.75, 3.05) is 32.7 Å². The van der Waals surface area contributed by atoms with Crippen molar-refractivity contribution >= 4 is 11.8 Å². The summed E-state index contributed by atoms with van der Waals surface area (Å²) in [5.41, 5.74) is 4.57. The van der Waals surface area contributed by atoms with E-state index in [1.165, 1.54) is 16.0 Å². The zero-order valence-corrected chi connectivity index (χ0v) is 17.2. The number of hydrogen-bond acceptors (Lipinski definition) is 2. The molecule has 0 atom stereocenters. The van der Waals surface area contributed by atoms with Gasteiger partial charge in [-0.15, -0.1) is 0 Å². The number of nitrogens with zero attached hydrogens (tertiary/aromatic N) is 2. The maximum Gasteiger partial charge on any atom is 0.254 e. The molecule has 2 heterocycles. The number of carbonyl (C=O) groups is 2. The maximum atomic E-state index is 12.9. The smallest absolute Gasteiger partial charge is 0.254 e. The molecule has 0 unspecified atom stereocenters. The van der Waals surface area contributed by atoms with Gasteiger partial charge in [-0.05, 0) is 36.6 Å². The summed E-state index contributed by atoms with van der Waals surface area (Å²) >= 11 is 0. The van der Waals surface area contributed by atoms with Gasteiger partial charge in [0.15, 0.2) is 0 Å². The molecule has 2 aliphatic rings. The van der Waals surface area contributed by atoms with Gasteiger partial charge in [0.05, 0.1) is 26.2 Å². The van der Waals surface area contributed by atoms with Gasteiger partial charge < -0.3 is 14.7 Å². The molecule has 2 aromatic carbocycles. The van der Waals surface area contributed by atoms with Crippen molar-refractivity contribution in [2.45, 2.75) is 32.9 Å². The van der Waals surface area contributed by atoms with Crippen LogP contribution in [0, 0.1) is 6.92 Å². The number of amides is 2. The van der Waals surface area contributed by atoms with Crippen LogP contribution in [0.4, 0.5) is 0 Å². The van der Waals surface area contributed by atoms with E-state index >= 15 is 0 Å². The molecular weight excluding hydrogens is 362 g/mol. The quantitative estimate of drug-likeness (QED) is 0.841. The number of aryl methyl sites for hydroxylation is 1. The Morgan fingerprint density at radius 2 is 1.72 bits per heavy atom. The van der Waals surface area contributed by atoms with Crippen LogP contribution in [0.3, 0.4) is 0 Å². The number of likely N-dealkylation sites (tertiary alicyclic amines) is 1. The Labute approximate surface area is 172 Å². The Kier molecular flexibility index (Phi) is 5.95. The third-order valence-corrected chi connectivity index (χ3v) is 6.21. The molecule has 2 saturated heterocycles. The summed E-state index contributed by atoms with van der Waals surface area (Å²) in [6, 6.07) is 16.3. The topological polar surface area (TPSA) is 45.1 Å². The number of nitrogens with one attached hydrogen (secondary N) is 1. The van der Waals surface area contributed by atoms with Crippen LogP contribution in [0.1, 0.15) is 39.9 Å². The van der Waals surface area contributed by atoms with E-state index in [1.807, 2.05) is 34.1 Å². The molecule has 5 heteroatoms. The highest BCUT2D eigenvalue weighted by atomic mass is 16.2. The van der Waals surface area contributed by atoms with Crippen LogP contribution in [0.5, 0.6) is 0 Å². The summed E-state index contributed by atoms with van der Waals surface area (Å²) < 4.78 is 0. The molecule has 0 saturated carbocycles. The van der Waals surface area contributed by atoms with E-state index < -0.39 is 0 Å². The van der Waals surface area contributed by atoms with Crippen molar-refractivity contribution in [1.82, 2.24) is 9.80 Å². The molecule has 29 heavy (non-hydrogen) atoms. The summed E-state index contributed by atoms with van der Waals surface area (Å²) in [5.74, 6) is 0.347. The van der Waals surface area contributed by atoms with Gasteiger partial charge in [0.25, 0.3) is 5.91 Å². The number of hydrogen-bond donors (Lipinski definition) is 1. The first kappa shape index (κ1) is 19.6. The molecule has 152 valence electrons. The molecule has 2 fully saturated rings. The van der Waals surface area contributed by atoms with Crippen LogP contribution in [-0.4, -0.2) is 54.3 Å². The van der Waals surface area contributed by atoms with Crippen LogP contribution in [0.15, 0.2) is 48.5 Å². The van der Waals surface area contributed by atoms with E-state index in [9.17, 15) is 9.59 Å². The normalized spacial score (nSPS) is 17.8. The van der Waals surface area contributed by atoms with E-state index in [0.29, 0.717) is 13.0 Å². The Hall–Kier alpha value is -2.66. The fourth-order valence-electron chi connectivity index (χ4n) is 4.31. The van der Waals surface area contributed by atoms with Gasteiger partial charge in [-0.3, -0.25) is 9.59 Å². The Morgan fingerprint density at radius 3 is 2.38 bits per heavy atom. The SMILES string of the molecule is Cc1ccccc1C[NH+]1CCN(C(=O)c2ccc(CN3CCCC3=O)cc2)CC1. The summed E-state index contributed by atoms with van der Waals surface area (Å²) in [4.78, 5) is 30.1. The van der Waals surface area contributed by atoms with E-state index in [1.54, 1.807) is 0 Å². The first-order valence-corrected chi connectivity index (χ1v) is 10.6. The summed E-state index contributed by atoms with van der Waals surface area (Å²) in [7, 11) is 0. The van der Waals surface area contributed by atoms with Crippen LogP contribution >= 0.6 is 0 Å². The average Bonchev–Trinajstić information content (AvgIpc) is 3.15. The highest BCUT2D eigenvalue weighted by molar-refractivity contribution is 5.94. The Balaban J connectivity index is 1.30. The number of rotatable bonds is 5. The molecule has 0 spiro atoms. The molecule has 0 aliphatic carbocycles. The lowest BCUT2D eigenvalue weighted by atomic mass is 10.1. The lowest BCUT2D eigenvalue weighted by Crippen LogP contribution is -3.13. The van der Waals surface area contributed by atoms with Gasteiger partial charge in [-0.1, -0.05) is 36.4 Å². The first-order chi connectivity index (χ1) is 14.1. The fraction of sp³-hybridized carbons (Fsp3) is 0.417. The van der Waals surface area contributed by atoms with Crippen LogP contribution in [0.2, 0.25) is 0 Å². The minimum Gasteiger partial charge on any atom is -0.338 e. The van der Waals surface area contributed by atoms with Gasteiger partial charge in [-0.25, -0.2) is 0 Å². The molecule has 2 aromatic rings. The molecule has 0 bridgehead atoms. The molecule has 5 nitrogen and oxygen atoms in total. The lowest BCUT2D eigenvalue weighted by Gasteiger charge is -2.32. The minimum absolute atomic E-state index is 0.115. The van der Waals surface area contributed by atoms with Gasteiger partial charge in [-0.2, -0.15) is 0 Å². The molecule has 1 N–H and O–H groups in total. The zero-order valence-electron chi connectivity index (χ0n) is 17.2. The van der Waals surface area contributed by atoms with E-state index in [4.69, 9.17) is 0 Å². The minimum atomic E-state index is 0.115. The molecule has 2 amide bonds. The highest BCUT2D eigenvalue weighted by Crippen LogP contribution is 2.15. The number of benzene rings is 2. The Morgan fingerprint density at radius 1 is 1.00 bits per heavy atom. The van der Waals surface area contributed by atoms with Gasteiger partial charge >= 0.3 is 0 Å². The monoisotopic (exact) mass is 392 g/mol. The standard InChI is InChI=1S/C24H29N3O2/c1-19-5-2-3-6-22(19)18-25-13-15-26(16-14-25)24(29)21-10-8-20(9-11-21)17-27-12-4-7-23(27)28/h2-3,5-6,8-11H,4,7,12-18H2,1H3/p+1. The summed E-state index contributed by atoms with van der Waals surface area (Å²) in [5, 5.41) is 0. The number of quaternary nitrogens is 1. The van der Waals surface area contributed by atoms with E-state index in [0.717, 1.165) is 56.8 Å². The summed E-state index contributed by atoms with van der Waals surface area (Å²) in [6.45, 7) is 8.23. The molecule has 4 rings (SSSR count). The Bertz CT molecular complexity index is 870. The van der Waals surface area contributed by atoms with Crippen molar-refractivity contribution in [3.8, 4) is 0 Å². The summed E-state index contributed by atoms with van der Waals surface area (Å²) in [6.07, 6.45) is 1.61. The van der Waals surface area contributed by atoms with Gasteiger partial charge in [0.2, 0.25) is 5.91 Å². The second kappa shape index (κ2) is 8.78.